The van der Waals surface area contributed by atoms with Crippen molar-refractivity contribution in [3.8, 4) is 0 Å². The lowest BCUT2D eigenvalue weighted by Crippen LogP contribution is -2.46. The molecule has 7 heteroatoms. The van der Waals surface area contributed by atoms with Gasteiger partial charge in [-0.1, -0.05) is 0 Å². The average Bonchev–Trinajstić information content (AvgIpc) is 2.25. The molecular weight excluding hydrogens is 260 g/mol. The topological polar surface area (TPSA) is 65.0 Å². The first-order valence-electron chi connectivity index (χ1n) is 5.81. The molecule has 0 amide bonds. The summed E-state index contributed by atoms with van der Waals surface area (Å²) in [4.78, 5) is 10.4. The van der Waals surface area contributed by atoms with Crippen molar-refractivity contribution in [1.29, 1.82) is 0 Å². The molecule has 0 bridgehead atoms. The molecule has 0 aliphatic carbocycles. The first-order chi connectivity index (χ1) is 8.10. The van der Waals surface area contributed by atoms with E-state index >= 15 is 0 Å². The van der Waals surface area contributed by atoms with Gasteiger partial charge >= 0.3 is 14.8 Å². The van der Waals surface area contributed by atoms with E-state index in [0.29, 0.717) is 31.6 Å². The second-order valence-corrected chi connectivity index (χ2v) is 7.02. The van der Waals surface area contributed by atoms with Crippen molar-refractivity contribution in [3.63, 3.8) is 0 Å². The maximum Gasteiger partial charge on any atom is 0.501 e. The minimum Gasteiger partial charge on any atom is -0.481 e. The van der Waals surface area contributed by atoms with Crippen LogP contribution in [0.15, 0.2) is 0 Å². The molecule has 0 unspecified atom stereocenters. The van der Waals surface area contributed by atoms with Gasteiger partial charge in [-0.15, -0.1) is 0 Å². The molecule has 0 saturated heterocycles. The summed E-state index contributed by atoms with van der Waals surface area (Å²) in [6, 6.07) is 0.653. The Morgan fingerprint density at radius 3 is 1.94 bits per heavy atom. The Morgan fingerprint density at radius 2 is 1.59 bits per heavy atom. The van der Waals surface area contributed by atoms with Crippen LogP contribution in [0.4, 0.5) is 0 Å². The first kappa shape index (κ1) is 16.9. The normalized spacial score (nSPS) is 11.7. The van der Waals surface area contributed by atoms with Crippen molar-refractivity contribution in [2.45, 2.75) is 26.8 Å². The minimum atomic E-state index is -2.58. The maximum absolute atomic E-state index is 10.4. The van der Waals surface area contributed by atoms with Crippen LogP contribution in [0.5, 0.6) is 0 Å². The molecule has 102 valence electrons. The zero-order chi connectivity index (χ0) is 13.1. The van der Waals surface area contributed by atoms with E-state index in [2.05, 4.69) is 0 Å². The Bertz CT molecular complexity index is 198. The predicted octanol–water partition coefficient (Wildman–Crippen LogP) is 1.85. The fourth-order valence-corrected chi connectivity index (χ4v) is 5.26. The van der Waals surface area contributed by atoms with Gasteiger partial charge in [0, 0.05) is 25.9 Å². The molecule has 1 N–H and O–H groups in total. The van der Waals surface area contributed by atoms with Gasteiger partial charge in [0.1, 0.15) is 0 Å². The number of hydrogen-bond donors (Lipinski definition) is 1. The first-order valence-corrected chi connectivity index (χ1v) is 8.90. The van der Waals surface area contributed by atoms with Crippen LogP contribution < -0.4 is 0 Å². The number of hydrogen-bond acceptors (Lipinski definition) is 5. The van der Waals surface area contributed by atoms with Gasteiger partial charge in [-0.05, 0) is 26.5 Å². The van der Waals surface area contributed by atoms with Crippen molar-refractivity contribution in [2.75, 3.05) is 31.3 Å². The van der Waals surface area contributed by atoms with Crippen LogP contribution in [-0.4, -0.2) is 51.2 Å². The van der Waals surface area contributed by atoms with Gasteiger partial charge in [-0.25, -0.2) is 0 Å². The van der Waals surface area contributed by atoms with Crippen LogP contribution in [0.1, 0.15) is 20.8 Å². The van der Waals surface area contributed by atoms with E-state index in [1.165, 1.54) is 11.8 Å². The quantitative estimate of drug-likeness (QED) is 0.461. The molecular formula is C10H22O5SSi. The minimum absolute atomic E-state index is 0.106. The van der Waals surface area contributed by atoms with E-state index in [9.17, 15) is 4.79 Å². The van der Waals surface area contributed by atoms with Gasteiger partial charge < -0.3 is 18.4 Å². The van der Waals surface area contributed by atoms with Crippen molar-refractivity contribution in [2.24, 2.45) is 0 Å². The van der Waals surface area contributed by atoms with Gasteiger partial charge in [0.25, 0.3) is 0 Å². The van der Waals surface area contributed by atoms with Crippen LogP contribution in [-0.2, 0) is 18.1 Å². The summed E-state index contributed by atoms with van der Waals surface area (Å²) in [7, 11) is -2.58. The van der Waals surface area contributed by atoms with Gasteiger partial charge in [0.15, 0.2) is 0 Å². The molecule has 5 nitrogen and oxygen atoms in total. The Labute approximate surface area is 108 Å². The summed E-state index contributed by atoms with van der Waals surface area (Å²) >= 11 is 1.36. The van der Waals surface area contributed by atoms with E-state index in [1.54, 1.807) is 0 Å². The van der Waals surface area contributed by atoms with Crippen molar-refractivity contribution >= 4 is 26.5 Å². The summed E-state index contributed by atoms with van der Waals surface area (Å²) in [6.45, 7) is 7.38. The Kier molecular flexibility index (Phi) is 9.85. The number of rotatable bonds is 11. The zero-order valence-electron chi connectivity index (χ0n) is 10.7. The molecule has 0 fully saturated rings. The van der Waals surface area contributed by atoms with E-state index < -0.39 is 14.8 Å². The third-order valence-electron chi connectivity index (χ3n) is 1.87. The number of carboxylic acid groups (broad SMARTS) is 1. The second-order valence-electron chi connectivity index (χ2n) is 3.18. The predicted molar refractivity (Wildman–Crippen MR) is 70.4 cm³/mol. The van der Waals surface area contributed by atoms with E-state index in [4.69, 9.17) is 18.4 Å². The Hall–Kier alpha value is -0.0831. The number of carbonyl (C=O) groups is 1. The lowest BCUT2D eigenvalue weighted by molar-refractivity contribution is -0.133. The van der Waals surface area contributed by atoms with E-state index in [0.717, 1.165) is 0 Å². The van der Waals surface area contributed by atoms with Crippen LogP contribution in [0, 0.1) is 0 Å². The standard InChI is InChI=1S/C10H22O5SSi/c1-4-13-17(14-5-2,15-6-3)8-7-16-9-10(11)12/h4-9H2,1-3H3,(H,11,12). The molecule has 0 aromatic heterocycles. The molecule has 0 atom stereocenters. The van der Waals surface area contributed by atoms with Gasteiger partial charge in [-0.2, -0.15) is 11.8 Å². The largest absolute Gasteiger partial charge is 0.501 e. The van der Waals surface area contributed by atoms with Gasteiger partial charge in [0.2, 0.25) is 0 Å². The molecule has 0 aromatic carbocycles. The highest BCUT2D eigenvalue weighted by molar-refractivity contribution is 8.00. The van der Waals surface area contributed by atoms with Crippen LogP contribution >= 0.6 is 11.8 Å². The molecule has 17 heavy (non-hydrogen) atoms. The summed E-state index contributed by atoms with van der Waals surface area (Å²) in [5.41, 5.74) is 0. The molecule has 0 aliphatic heterocycles. The molecule has 0 aromatic rings. The molecule has 0 saturated carbocycles. The SMILES string of the molecule is CCO[Si](CCSCC(=O)O)(OCC)OCC. The Balaban J connectivity index is 4.18. The summed E-state index contributed by atoms with van der Waals surface area (Å²) < 4.78 is 17.0. The van der Waals surface area contributed by atoms with Crippen LogP contribution in [0.2, 0.25) is 6.04 Å². The smallest absolute Gasteiger partial charge is 0.481 e. The summed E-state index contributed by atoms with van der Waals surface area (Å²) in [6.07, 6.45) is 0. The third-order valence-corrected chi connectivity index (χ3v) is 6.22. The molecule has 0 heterocycles. The van der Waals surface area contributed by atoms with E-state index in [-0.39, 0.29) is 5.75 Å². The Morgan fingerprint density at radius 1 is 1.12 bits per heavy atom. The number of aliphatic carboxylic acids is 1. The second kappa shape index (κ2) is 9.90. The lowest BCUT2D eigenvalue weighted by atomic mass is 10.8. The van der Waals surface area contributed by atoms with E-state index in [1.807, 2.05) is 20.8 Å². The van der Waals surface area contributed by atoms with Gasteiger partial charge in [0.05, 0.1) is 5.75 Å². The lowest BCUT2D eigenvalue weighted by Gasteiger charge is -2.28. The highest BCUT2D eigenvalue weighted by Crippen LogP contribution is 2.19. The molecule has 0 aliphatic rings. The maximum atomic E-state index is 10.4. The fraction of sp³-hybridized carbons (Fsp3) is 0.900. The molecule has 0 radical (unpaired) electrons. The number of thioether (sulfide) groups is 1. The van der Waals surface area contributed by atoms with Crippen molar-refractivity contribution < 1.29 is 23.2 Å². The average molecular weight is 282 g/mol. The van der Waals surface area contributed by atoms with Crippen LogP contribution in [0.25, 0.3) is 0 Å². The van der Waals surface area contributed by atoms with Gasteiger partial charge in [-0.3, -0.25) is 4.79 Å². The highest BCUT2D eigenvalue weighted by Gasteiger charge is 2.39. The highest BCUT2D eigenvalue weighted by atomic mass is 32.2. The summed E-state index contributed by atoms with van der Waals surface area (Å²) in [5, 5.41) is 8.55. The van der Waals surface area contributed by atoms with Crippen molar-refractivity contribution in [1.82, 2.24) is 0 Å². The van der Waals surface area contributed by atoms with Crippen LogP contribution in [0.3, 0.4) is 0 Å². The fourth-order valence-electron chi connectivity index (χ4n) is 1.36. The van der Waals surface area contributed by atoms with Crippen molar-refractivity contribution in [3.05, 3.63) is 0 Å². The third kappa shape index (κ3) is 7.77. The molecule has 0 rings (SSSR count). The monoisotopic (exact) mass is 282 g/mol. The zero-order valence-corrected chi connectivity index (χ0v) is 12.5. The molecule has 0 spiro atoms. The number of carboxylic acids is 1. The summed E-state index contributed by atoms with van der Waals surface area (Å²) in [5.74, 6) is -0.0144.